The van der Waals surface area contributed by atoms with E-state index in [1.54, 1.807) is 6.26 Å². The molecule has 1 rings (SSSR count). The second-order valence-electron chi connectivity index (χ2n) is 9.86. The molecule has 3 atom stereocenters. The van der Waals surface area contributed by atoms with Crippen molar-refractivity contribution in [2.24, 2.45) is 0 Å². The first-order valence-corrected chi connectivity index (χ1v) is 14.6. The Morgan fingerprint density at radius 1 is 0.826 bits per heavy atom. The van der Waals surface area contributed by atoms with Gasteiger partial charge in [0, 0.05) is 0 Å². The average Bonchev–Trinajstić information content (AvgIpc) is 2.30. The van der Waals surface area contributed by atoms with Crippen LogP contribution in [-0.2, 0) is 13.6 Å². The lowest BCUT2D eigenvalue weighted by Crippen LogP contribution is -2.55. The minimum atomic E-state index is -1.88. The third-order valence-corrected chi connectivity index (χ3v) is 14.8. The Balaban J connectivity index is 3.01. The van der Waals surface area contributed by atoms with E-state index in [1.165, 1.54) is 0 Å². The first-order valence-electron chi connectivity index (χ1n) is 8.76. The van der Waals surface area contributed by atoms with Crippen LogP contribution in [0.5, 0.6) is 0 Å². The van der Waals surface area contributed by atoms with Gasteiger partial charge in [-0.2, -0.15) is 0 Å². The molecule has 23 heavy (non-hydrogen) atoms. The Kier molecular flexibility index (Phi) is 6.06. The molecule has 1 aliphatic heterocycles. The third kappa shape index (κ3) is 4.94. The monoisotopic (exact) mass is 358 g/mol. The zero-order valence-electron chi connectivity index (χ0n) is 17.1. The van der Waals surface area contributed by atoms with Crippen molar-refractivity contribution < 1.29 is 13.6 Å². The third-order valence-electron chi connectivity index (χ3n) is 5.82. The van der Waals surface area contributed by atoms with Gasteiger partial charge in [-0.15, -0.1) is 0 Å². The molecule has 5 heteroatoms. The average molecular weight is 359 g/mol. The zero-order chi connectivity index (χ0) is 18.3. The van der Waals surface area contributed by atoms with Gasteiger partial charge in [0.15, 0.2) is 16.6 Å². The fourth-order valence-electron chi connectivity index (χ4n) is 2.00. The molecule has 0 unspecified atom stereocenters. The lowest BCUT2D eigenvalue weighted by atomic mass is 10.1. The second-order valence-corrected chi connectivity index (χ2v) is 19.4. The van der Waals surface area contributed by atoms with Crippen LogP contribution in [0.2, 0.25) is 36.3 Å². The molecular formula is C18H38O3Si2. The van der Waals surface area contributed by atoms with E-state index in [4.69, 9.17) is 13.6 Å². The predicted molar refractivity (Wildman–Crippen MR) is 104 cm³/mol. The van der Waals surface area contributed by atoms with Crippen LogP contribution >= 0.6 is 0 Å². The van der Waals surface area contributed by atoms with E-state index < -0.39 is 16.6 Å². The van der Waals surface area contributed by atoms with Crippen LogP contribution in [0, 0.1) is 0 Å². The SMILES string of the molecule is C[C@H]1OC=C[C@H](O[Si](C)(C)C(C)(C)C)[C@H]1O[Si](C)(C)C(C)(C)C. The molecule has 0 aromatic carbocycles. The minimum absolute atomic E-state index is 0.0175. The van der Waals surface area contributed by atoms with Crippen LogP contribution in [0.3, 0.4) is 0 Å². The smallest absolute Gasteiger partial charge is 0.193 e. The molecule has 0 amide bonds. The molecule has 0 aromatic rings. The summed E-state index contributed by atoms with van der Waals surface area (Å²) in [4.78, 5) is 0. The van der Waals surface area contributed by atoms with Crippen molar-refractivity contribution in [3.63, 3.8) is 0 Å². The van der Waals surface area contributed by atoms with Gasteiger partial charge in [0.1, 0.15) is 12.2 Å². The fraction of sp³-hybridized carbons (Fsp3) is 0.889. The highest BCUT2D eigenvalue weighted by atomic mass is 28.4. The van der Waals surface area contributed by atoms with Crippen LogP contribution in [0.1, 0.15) is 48.5 Å². The number of rotatable bonds is 4. The molecule has 0 N–H and O–H groups in total. The van der Waals surface area contributed by atoms with Gasteiger partial charge in [0.05, 0.1) is 12.4 Å². The number of hydrogen-bond acceptors (Lipinski definition) is 3. The van der Waals surface area contributed by atoms with E-state index in [-0.39, 0.29) is 28.4 Å². The predicted octanol–water partition coefficient (Wildman–Crippen LogP) is 5.70. The van der Waals surface area contributed by atoms with Gasteiger partial charge >= 0.3 is 0 Å². The second kappa shape index (κ2) is 6.66. The van der Waals surface area contributed by atoms with Crippen molar-refractivity contribution >= 4 is 16.6 Å². The van der Waals surface area contributed by atoms with Gasteiger partial charge in [-0.05, 0) is 49.3 Å². The Morgan fingerprint density at radius 3 is 1.70 bits per heavy atom. The van der Waals surface area contributed by atoms with Gasteiger partial charge in [-0.1, -0.05) is 41.5 Å². The highest BCUT2D eigenvalue weighted by molar-refractivity contribution is 6.74. The molecule has 1 aliphatic rings. The molecule has 0 fully saturated rings. The van der Waals surface area contributed by atoms with Crippen LogP contribution in [0.15, 0.2) is 12.3 Å². The summed E-state index contributed by atoms with van der Waals surface area (Å²) in [6, 6.07) is 0. The summed E-state index contributed by atoms with van der Waals surface area (Å²) in [7, 11) is -3.73. The summed E-state index contributed by atoms with van der Waals surface area (Å²) in [6.45, 7) is 24.9. The van der Waals surface area contributed by atoms with E-state index in [0.29, 0.717) is 0 Å². The molecule has 1 heterocycles. The zero-order valence-corrected chi connectivity index (χ0v) is 19.1. The molecular weight excluding hydrogens is 320 g/mol. The summed E-state index contributed by atoms with van der Waals surface area (Å²) in [5.74, 6) is 0. The van der Waals surface area contributed by atoms with Crippen LogP contribution in [0.4, 0.5) is 0 Å². The molecule has 3 nitrogen and oxygen atoms in total. The Hall–Kier alpha value is -0.106. The van der Waals surface area contributed by atoms with Crippen LogP contribution in [0.25, 0.3) is 0 Å². The number of hydrogen-bond donors (Lipinski definition) is 0. The summed E-state index contributed by atoms with van der Waals surface area (Å²) < 4.78 is 19.1. The first kappa shape index (κ1) is 20.9. The molecule has 0 aromatic heterocycles. The van der Waals surface area contributed by atoms with Gasteiger partial charge in [-0.25, -0.2) is 0 Å². The molecule has 0 aliphatic carbocycles. The van der Waals surface area contributed by atoms with Gasteiger partial charge in [0.25, 0.3) is 0 Å². The lowest BCUT2D eigenvalue weighted by Gasteiger charge is -2.46. The highest BCUT2D eigenvalue weighted by Crippen LogP contribution is 2.41. The summed E-state index contributed by atoms with van der Waals surface area (Å²) >= 11 is 0. The van der Waals surface area contributed by atoms with Crippen molar-refractivity contribution in [3.05, 3.63) is 12.3 Å². The van der Waals surface area contributed by atoms with Crippen molar-refractivity contribution in [1.82, 2.24) is 0 Å². The van der Waals surface area contributed by atoms with Crippen LogP contribution < -0.4 is 0 Å². The van der Waals surface area contributed by atoms with E-state index in [2.05, 4.69) is 74.7 Å². The van der Waals surface area contributed by atoms with E-state index in [1.807, 2.05) is 6.08 Å². The molecule has 0 saturated carbocycles. The van der Waals surface area contributed by atoms with E-state index >= 15 is 0 Å². The van der Waals surface area contributed by atoms with Crippen molar-refractivity contribution in [2.45, 2.75) is 103 Å². The maximum absolute atomic E-state index is 6.69. The van der Waals surface area contributed by atoms with Crippen molar-refractivity contribution in [3.8, 4) is 0 Å². The Labute approximate surface area is 146 Å². The minimum Gasteiger partial charge on any atom is -0.496 e. The Bertz CT molecular complexity index is 431. The first-order chi connectivity index (χ1) is 10.1. The van der Waals surface area contributed by atoms with Gasteiger partial charge in [0.2, 0.25) is 0 Å². The summed E-state index contributed by atoms with van der Waals surface area (Å²) in [6.07, 6.45) is 3.79. The molecule has 0 saturated heterocycles. The standard InChI is InChI=1S/C18H38O3Si2/c1-14-16(21-23(10,11)18(5,6)7)15(12-13-19-14)20-22(8,9)17(2,3)4/h12-16H,1-11H3/t14-,15+,16+/m1/s1. The Morgan fingerprint density at radius 2 is 1.26 bits per heavy atom. The summed E-state index contributed by atoms with van der Waals surface area (Å²) in [5, 5.41) is 0.360. The van der Waals surface area contributed by atoms with Crippen molar-refractivity contribution in [1.29, 1.82) is 0 Å². The maximum atomic E-state index is 6.69. The fourth-order valence-corrected chi connectivity index (χ4v) is 4.61. The molecule has 0 bridgehead atoms. The maximum Gasteiger partial charge on any atom is 0.193 e. The number of ether oxygens (including phenoxy) is 1. The van der Waals surface area contributed by atoms with E-state index in [0.717, 1.165) is 0 Å². The quantitative estimate of drug-likeness (QED) is 0.603. The normalized spacial score (nSPS) is 27.0. The highest BCUT2D eigenvalue weighted by Gasteiger charge is 2.46. The van der Waals surface area contributed by atoms with Gasteiger partial charge < -0.3 is 13.6 Å². The van der Waals surface area contributed by atoms with Crippen molar-refractivity contribution in [2.75, 3.05) is 0 Å². The van der Waals surface area contributed by atoms with Crippen LogP contribution in [-0.4, -0.2) is 34.9 Å². The van der Waals surface area contributed by atoms with E-state index in [9.17, 15) is 0 Å². The molecule has 136 valence electrons. The molecule has 0 spiro atoms. The lowest BCUT2D eigenvalue weighted by molar-refractivity contribution is -0.0422. The van der Waals surface area contributed by atoms with Gasteiger partial charge in [-0.3, -0.25) is 0 Å². The topological polar surface area (TPSA) is 27.7 Å². The summed E-state index contributed by atoms with van der Waals surface area (Å²) in [5.41, 5.74) is 0. The largest absolute Gasteiger partial charge is 0.496 e. The molecule has 0 radical (unpaired) electrons.